The molecule has 8 heteroatoms. The Bertz CT molecular complexity index is 758. The van der Waals surface area contributed by atoms with Crippen molar-refractivity contribution in [2.24, 2.45) is 0 Å². The van der Waals surface area contributed by atoms with Gasteiger partial charge in [0.25, 0.3) is 0 Å². The van der Waals surface area contributed by atoms with Crippen molar-refractivity contribution in [3.05, 3.63) is 42.5 Å². The van der Waals surface area contributed by atoms with Crippen LogP contribution in [0.4, 0.5) is 10.5 Å². The number of anilines is 1. The molecular formula is C18H24N6O2. The summed E-state index contributed by atoms with van der Waals surface area (Å²) < 4.78 is 1.79. The standard InChI is InChI=1S/C18H24N6O2/c1-13(2)24-12-16(9-20-24)22-18(26)23(10-14-5-7-19-8-6-14)11-15-3-4-17(25)21-15/h5-9,12-13,15H,3-4,10-11H2,1-2H3,(H,21,25)(H,22,26)/t15-/m0/s1. The van der Waals surface area contributed by atoms with E-state index in [4.69, 9.17) is 0 Å². The van der Waals surface area contributed by atoms with Crippen LogP contribution in [0.15, 0.2) is 36.9 Å². The Hall–Kier alpha value is -2.90. The summed E-state index contributed by atoms with van der Waals surface area (Å²) in [6, 6.07) is 3.75. The number of rotatable bonds is 6. The Balaban J connectivity index is 1.70. The van der Waals surface area contributed by atoms with E-state index < -0.39 is 0 Å². The molecule has 26 heavy (non-hydrogen) atoms. The Kier molecular flexibility index (Phi) is 5.50. The third-order valence-corrected chi connectivity index (χ3v) is 4.32. The average Bonchev–Trinajstić information content (AvgIpc) is 3.24. The lowest BCUT2D eigenvalue weighted by atomic mass is 10.2. The molecule has 3 amide bonds. The van der Waals surface area contributed by atoms with Crippen molar-refractivity contribution in [1.82, 2.24) is 25.0 Å². The minimum atomic E-state index is -0.216. The molecule has 3 heterocycles. The van der Waals surface area contributed by atoms with Gasteiger partial charge in [0.15, 0.2) is 0 Å². The highest BCUT2D eigenvalue weighted by Gasteiger charge is 2.25. The SMILES string of the molecule is CC(C)n1cc(NC(=O)N(Cc2ccncc2)C[C@@H]2CCC(=O)N2)cn1. The highest BCUT2D eigenvalue weighted by atomic mass is 16.2. The van der Waals surface area contributed by atoms with Crippen LogP contribution < -0.4 is 10.6 Å². The molecule has 0 radical (unpaired) electrons. The average molecular weight is 356 g/mol. The maximum Gasteiger partial charge on any atom is 0.322 e. The van der Waals surface area contributed by atoms with Gasteiger partial charge in [0.1, 0.15) is 0 Å². The van der Waals surface area contributed by atoms with Crippen molar-refractivity contribution in [1.29, 1.82) is 0 Å². The molecule has 2 aromatic rings. The fourth-order valence-corrected chi connectivity index (χ4v) is 2.90. The predicted molar refractivity (Wildman–Crippen MR) is 97.4 cm³/mol. The summed E-state index contributed by atoms with van der Waals surface area (Å²) >= 11 is 0. The van der Waals surface area contributed by atoms with Gasteiger partial charge in [0, 0.05) is 50.2 Å². The van der Waals surface area contributed by atoms with Crippen molar-refractivity contribution >= 4 is 17.6 Å². The lowest BCUT2D eigenvalue weighted by Gasteiger charge is -2.26. The van der Waals surface area contributed by atoms with E-state index in [1.54, 1.807) is 28.2 Å². The van der Waals surface area contributed by atoms with E-state index >= 15 is 0 Å². The van der Waals surface area contributed by atoms with E-state index in [1.807, 2.05) is 32.2 Å². The van der Waals surface area contributed by atoms with Gasteiger partial charge in [-0.15, -0.1) is 0 Å². The number of aromatic nitrogens is 3. The van der Waals surface area contributed by atoms with E-state index in [2.05, 4.69) is 20.7 Å². The van der Waals surface area contributed by atoms with Crippen LogP contribution >= 0.6 is 0 Å². The monoisotopic (exact) mass is 356 g/mol. The van der Waals surface area contributed by atoms with Gasteiger partial charge in [-0.3, -0.25) is 14.5 Å². The van der Waals surface area contributed by atoms with E-state index in [0.29, 0.717) is 25.2 Å². The minimum Gasteiger partial charge on any atom is -0.352 e. The van der Waals surface area contributed by atoms with Crippen LogP contribution in [-0.4, -0.2) is 44.2 Å². The van der Waals surface area contributed by atoms with Crippen molar-refractivity contribution in [2.75, 3.05) is 11.9 Å². The summed E-state index contributed by atoms with van der Waals surface area (Å²) in [6.07, 6.45) is 8.11. The van der Waals surface area contributed by atoms with Gasteiger partial charge in [-0.1, -0.05) is 0 Å². The van der Waals surface area contributed by atoms with Crippen molar-refractivity contribution < 1.29 is 9.59 Å². The van der Waals surface area contributed by atoms with Crippen LogP contribution in [0.1, 0.15) is 38.3 Å². The number of nitrogens with zero attached hydrogens (tertiary/aromatic N) is 4. The lowest BCUT2D eigenvalue weighted by molar-refractivity contribution is -0.119. The van der Waals surface area contributed by atoms with Gasteiger partial charge >= 0.3 is 6.03 Å². The van der Waals surface area contributed by atoms with E-state index in [9.17, 15) is 9.59 Å². The molecule has 2 aromatic heterocycles. The zero-order valence-corrected chi connectivity index (χ0v) is 15.1. The van der Waals surface area contributed by atoms with Gasteiger partial charge in [-0.2, -0.15) is 5.10 Å². The molecule has 1 saturated heterocycles. The molecule has 1 atom stereocenters. The van der Waals surface area contributed by atoms with E-state index in [0.717, 1.165) is 12.0 Å². The predicted octanol–water partition coefficient (Wildman–Crippen LogP) is 2.17. The molecule has 1 aliphatic heterocycles. The topological polar surface area (TPSA) is 92.2 Å². The summed E-state index contributed by atoms with van der Waals surface area (Å²) in [6.45, 7) is 4.95. The summed E-state index contributed by atoms with van der Waals surface area (Å²) in [7, 11) is 0. The molecule has 2 N–H and O–H groups in total. The number of carbonyl (C=O) groups excluding carboxylic acids is 2. The van der Waals surface area contributed by atoms with Crippen LogP contribution in [0.2, 0.25) is 0 Å². The van der Waals surface area contributed by atoms with Crippen LogP contribution in [0.25, 0.3) is 0 Å². The van der Waals surface area contributed by atoms with Crippen LogP contribution in [0, 0.1) is 0 Å². The zero-order valence-electron chi connectivity index (χ0n) is 15.1. The molecule has 0 saturated carbocycles. The van der Waals surface area contributed by atoms with Gasteiger partial charge in [-0.25, -0.2) is 4.79 Å². The Morgan fingerprint density at radius 1 is 1.42 bits per heavy atom. The second-order valence-electron chi connectivity index (χ2n) is 6.77. The summed E-state index contributed by atoms with van der Waals surface area (Å²) in [5.74, 6) is 0.0393. The Morgan fingerprint density at radius 3 is 2.81 bits per heavy atom. The van der Waals surface area contributed by atoms with Crippen LogP contribution in [0.3, 0.4) is 0 Å². The normalized spacial score (nSPS) is 16.6. The zero-order chi connectivity index (χ0) is 18.5. The van der Waals surface area contributed by atoms with Crippen molar-refractivity contribution in [3.63, 3.8) is 0 Å². The molecular weight excluding hydrogens is 332 g/mol. The fraction of sp³-hybridized carbons (Fsp3) is 0.444. The molecule has 0 spiro atoms. The molecule has 0 unspecified atom stereocenters. The summed E-state index contributed by atoms with van der Waals surface area (Å²) in [4.78, 5) is 30.0. The largest absolute Gasteiger partial charge is 0.352 e. The lowest BCUT2D eigenvalue weighted by Crippen LogP contribution is -2.43. The van der Waals surface area contributed by atoms with Crippen LogP contribution in [0.5, 0.6) is 0 Å². The third kappa shape index (κ3) is 4.59. The van der Waals surface area contributed by atoms with Gasteiger partial charge in [0.2, 0.25) is 5.91 Å². The highest BCUT2D eigenvalue weighted by Crippen LogP contribution is 2.15. The minimum absolute atomic E-state index is 0.0199. The van der Waals surface area contributed by atoms with Crippen molar-refractivity contribution in [3.8, 4) is 0 Å². The maximum atomic E-state index is 12.8. The number of nitrogens with one attached hydrogen (secondary N) is 2. The first-order valence-corrected chi connectivity index (χ1v) is 8.79. The number of hydrogen-bond acceptors (Lipinski definition) is 4. The number of carbonyl (C=O) groups is 2. The molecule has 0 bridgehead atoms. The summed E-state index contributed by atoms with van der Waals surface area (Å²) in [5, 5.41) is 10.1. The number of urea groups is 1. The summed E-state index contributed by atoms with van der Waals surface area (Å²) in [5.41, 5.74) is 1.64. The Labute approximate surface area is 152 Å². The van der Waals surface area contributed by atoms with E-state index in [1.165, 1.54) is 0 Å². The van der Waals surface area contributed by atoms with Crippen LogP contribution in [-0.2, 0) is 11.3 Å². The molecule has 3 rings (SSSR count). The fourth-order valence-electron chi connectivity index (χ4n) is 2.90. The first-order chi connectivity index (χ1) is 12.5. The first kappa shape index (κ1) is 17.9. The van der Waals surface area contributed by atoms with E-state index in [-0.39, 0.29) is 24.0 Å². The van der Waals surface area contributed by atoms with Gasteiger partial charge < -0.3 is 15.5 Å². The highest BCUT2D eigenvalue weighted by molar-refractivity contribution is 5.89. The maximum absolute atomic E-state index is 12.8. The molecule has 8 nitrogen and oxygen atoms in total. The molecule has 0 aromatic carbocycles. The number of pyridine rings is 1. The second-order valence-corrected chi connectivity index (χ2v) is 6.77. The first-order valence-electron chi connectivity index (χ1n) is 8.79. The second kappa shape index (κ2) is 7.99. The number of amides is 3. The van der Waals surface area contributed by atoms with Crippen molar-refractivity contribution in [2.45, 2.75) is 45.3 Å². The van der Waals surface area contributed by atoms with Gasteiger partial charge in [-0.05, 0) is 38.0 Å². The molecule has 0 aliphatic carbocycles. The molecule has 1 fully saturated rings. The van der Waals surface area contributed by atoms with Gasteiger partial charge in [0.05, 0.1) is 11.9 Å². The quantitative estimate of drug-likeness (QED) is 0.830. The smallest absolute Gasteiger partial charge is 0.322 e. The number of hydrogen-bond donors (Lipinski definition) is 2. The third-order valence-electron chi connectivity index (χ3n) is 4.32. The Morgan fingerprint density at radius 2 is 2.19 bits per heavy atom. The molecule has 1 aliphatic rings. The molecule has 138 valence electrons.